The van der Waals surface area contributed by atoms with Gasteiger partial charge in [-0.1, -0.05) is 0 Å². The van der Waals surface area contributed by atoms with Crippen LogP contribution in [-0.2, 0) is 14.0 Å². The maximum atomic E-state index is 7.06. The van der Waals surface area contributed by atoms with Gasteiger partial charge in [-0.3, -0.25) is 0 Å². The van der Waals surface area contributed by atoms with Crippen LogP contribution in [0.2, 0.25) is 0 Å². The van der Waals surface area contributed by atoms with Crippen molar-refractivity contribution in [2.45, 2.75) is 0 Å². The molecule has 0 bridgehead atoms. The van der Waals surface area contributed by atoms with Gasteiger partial charge >= 0.3 is 7.28 Å². The van der Waals surface area contributed by atoms with Crippen molar-refractivity contribution in [3.8, 4) is 0 Å². The fraction of sp³-hybridized carbons (Fsp3) is 1.00. The van der Waals surface area contributed by atoms with Crippen LogP contribution < -0.4 is 0 Å². The predicted molar refractivity (Wildman–Crippen MR) is 28.2 cm³/mol. The van der Waals surface area contributed by atoms with Crippen molar-refractivity contribution >= 4 is 7.28 Å². The Balaban J connectivity index is 3.58. The third-order valence-corrected chi connectivity index (χ3v) is 0.577. The minimum atomic E-state index is -2.21. The molecule has 0 aromatic heterocycles. The van der Waals surface area contributed by atoms with Gasteiger partial charge in [0.1, 0.15) is 0 Å². The van der Waals surface area contributed by atoms with E-state index in [9.17, 15) is 0 Å². The van der Waals surface area contributed by atoms with E-state index in [4.69, 9.17) is 1.34 Å². The van der Waals surface area contributed by atoms with E-state index in [-0.39, 0.29) is 0 Å². The third kappa shape index (κ3) is 2.62. The zero-order chi connectivity index (χ0) is 6.62. The highest BCUT2D eigenvalue weighted by atomic mass is 16.7. The van der Waals surface area contributed by atoms with Gasteiger partial charge in [0, 0.05) is 0 Å². The molecule has 0 fully saturated rings. The predicted octanol–water partition coefficient (Wildman–Crippen LogP) is -0.357. The van der Waals surface area contributed by atoms with Gasteiger partial charge in [0.05, 0.1) is 0 Å². The second-order valence-corrected chi connectivity index (χ2v) is 0.996. The van der Waals surface area contributed by atoms with E-state index in [1.807, 2.05) is 0 Å². The van der Waals surface area contributed by atoms with E-state index in [1.54, 1.807) is 0 Å². The van der Waals surface area contributed by atoms with Crippen LogP contribution in [0, 0.1) is 0 Å². The molecule has 0 heterocycles. The van der Waals surface area contributed by atoms with E-state index in [0.29, 0.717) is 0 Å². The smallest absolute Gasteiger partial charge is 0.364 e. The molecule has 0 unspecified atom stereocenters. The minimum Gasteiger partial charge on any atom is -0.549 e. The van der Waals surface area contributed by atoms with Crippen LogP contribution in [-0.4, -0.2) is 29.9 Å². The molecule has 0 aromatic rings. The lowest BCUT2D eigenvalue weighted by molar-refractivity contribution is 0.163. The van der Waals surface area contributed by atoms with E-state index in [0.717, 1.165) is 0 Å². The first-order valence-corrected chi connectivity index (χ1v) is 1.93. The quantitative estimate of drug-likeness (QED) is 0.461. The van der Waals surface area contributed by atoms with E-state index in [1.165, 1.54) is 21.3 Å². The average molecular weight is 107 g/mol. The van der Waals surface area contributed by atoms with Crippen LogP contribution in [0.5, 0.6) is 0 Å². The van der Waals surface area contributed by atoms with Crippen molar-refractivity contribution in [2.24, 2.45) is 0 Å². The van der Waals surface area contributed by atoms with Crippen molar-refractivity contribution in [1.29, 1.82) is 1.34 Å². The van der Waals surface area contributed by atoms with Crippen molar-refractivity contribution in [3.05, 3.63) is 0 Å². The molecule has 4 heteroatoms. The van der Waals surface area contributed by atoms with Crippen LogP contribution in [0.25, 0.3) is 0 Å². The summed E-state index contributed by atoms with van der Waals surface area (Å²) >= 11 is 0. The van der Waals surface area contributed by atoms with Crippen molar-refractivity contribution in [3.63, 3.8) is 0 Å². The van der Waals surface area contributed by atoms with E-state index in [2.05, 4.69) is 14.0 Å². The topological polar surface area (TPSA) is 27.7 Å². The third-order valence-electron chi connectivity index (χ3n) is 0.577. The highest BCUT2D eigenvalue weighted by molar-refractivity contribution is 6.36. The molecular formula is C3H10BO3-. The Morgan fingerprint density at radius 3 is 1.43 bits per heavy atom. The highest BCUT2D eigenvalue weighted by Gasteiger charge is 1.91. The average Bonchev–Trinajstić information content (AvgIpc) is 1.87. The monoisotopic (exact) mass is 107 g/mol. The highest BCUT2D eigenvalue weighted by Crippen LogP contribution is 1.81. The summed E-state index contributed by atoms with van der Waals surface area (Å²) < 4.78 is 20.6. The first-order chi connectivity index (χ1) is 3.68. The van der Waals surface area contributed by atoms with Crippen LogP contribution >= 0.6 is 0 Å². The normalized spacial score (nSPS) is 13.9. The first kappa shape index (κ1) is 5.09. The number of hydrogen-bond acceptors (Lipinski definition) is 3. The van der Waals surface area contributed by atoms with Crippen molar-refractivity contribution in [2.75, 3.05) is 21.3 Å². The Hall–Kier alpha value is -0.0551. The van der Waals surface area contributed by atoms with Gasteiger partial charge in [-0.05, 0) is 21.3 Å². The molecule has 0 N–H and O–H groups in total. The van der Waals surface area contributed by atoms with Gasteiger partial charge in [-0.2, -0.15) is 0 Å². The second-order valence-electron chi connectivity index (χ2n) is 0.996. The molecule has 0 saturated heterocycles. The summed E-state index contributed by atoms with van der Waals surface area (Å²) in [7, 11) is 1.88. The molecule has 3 nitrogen and oxygen atoms in total. The zero-order valence-corrected chi connectivity index (χ0v) is 4.80. The largest absolute Gasteiger partial charge is 0.549 e. The summed E-state index contributed by atoms with van der Waals surface area (Å²) in [4.78, 5) is 0. The fourth-order valence-electron chi connectivity index (χ4n) is 0.289. The van der Waals surface area contributed by atoms with Gasteiger partial charge in [0.25, 0.3) is 0 Å². The van der Waals surface area contributed by atoms with Crippen LogP contribution in [0.4, 0.5) is 0 Å². The molecular weight excluding hydrogens is 94.8 g/mol. The van der Waals surface area contributed by atoms with Crippen LogP contribution in [0.1, 0.15) is 0 Å². The molecule has 0 rings (SSSR count). The maximum Gasteiger partial charge on any atom is 0.364 e. The molecule has 0 radical (unpaired) electrons. The molecule has 0 saturated carbocycles. The van der Waals surface area contributed by atoms with Crippen LogP contribution in [0.3, 0.4) is 0 Å². The zero-order valence-electron chi connectivity index (χ0n) is 5.80. The lowest BCUT2D eigenvalue weighted by Crippen LogP contribution is -2.21. The van der Waals surface area contributed by atoms with Crippen LogP contribution in [0.15, 0.2) is 0 Å². The second kappa shape index (κ2) is 4.11. The SMILES string of the molecule is [3H][B-](OC)(OC)OC. The fourth-order valence-corrected chi connectivity index (χ4v) is 0.289. The number of hydrogen-bond donors (Lipinski definition) is 0. The number of rotatable bonds is 3. The van der Waals surface area contributed by atoms with Gasteiger partial charge in [-0.25, -0.2) is 0 Å². The Kier molecular flexibility index (Phi) is 2.99. The van der Waals surface area contributed by atoms with E-state index >= 15 is 0 Å². The van der Waals surface area contributed by atoms with Gasteiger partial charge < -0.3 is 14.0 Å². The Labute approximate surface area is 45.1 Å². The van der Waals surface area contributed by atoms with Gasteiger partial charge in [0.15, 0.2) is 0 Å². The first-order valence-electron chi connectivity index (χ1n) is 2.51. The molecule has 0 aliphatic carbocycles. The summed E-state index contributed by atoms with van der Waals surface area (Å²) in [5.74, 6) is 0. The maximum absolute atomic E-state index is 7.06. The molecule has 0 aromatic carbocycles. The Morgan fingerprint density at radius 2 is 1.43 bits per heavy atom. The summed E-state index contributed by atoms with van der Waals surface area (Å²) in [6, 6.07) is 0. The summed E-state index contributed by atoms with van der Waals surface area (Å²) in [6.07, 6.45) is 0. The minimum absolute atomic E-state index is 1.36. The Morgan fingerprint density at radius 1 is 1.14 bits per heavy atom. The van der Waals surface area contributed by atoms with E-state index < -0.39 is 7.28 Å². The molecule has 0 aliphatic rings. The molecule has 0 amide bonds. The summed E-state index contributed by atoms with van der Waals surface area (Å²) in [5.41, 5.74) is 0. The van der Waals surface area contributed by atoms with Gasteiger partial charge in [0.2, 0.25) is 0 Å². The molecule has 0 atom stereocenters. The molecule has 0 aliphatic heterocycles. The molecule has 0 spiro atoms. The summed E-state index contributed by atoms with van der Waals surface area (Å²) in [6.45, 7) is 0. The van der Waals surface area contributed by atoms with Crippen molar-refractivity contribution in [1.82, 2.24) is 0 Å². The standard InChI is InChI=1S/C3H10BO3/c1-5-4(6-2)7-3/h4H,1-3H3/q-1/i4T. The lowest BCUT2D eigenvalue weighted by atomic mass is 10.2. The molecule has 44 valence electrons. The van der Waals surface area contributed by atoms with Crippen molar-refractivity contribution < 1.29 is 14.0 Å². The Bertz CT molecular complexity index is 57.3. The molecule has 7 heavy (non-hydrogen) atoms. The lowest BCUT2D eigenvalue weighted by Gasteiger charge is -2.18. The van der Waals surface area contributed by atoms with Gasteiger partial charge in [-0.15, -0.1) is 1.34 Å². The summed E-state index contributed by atoms with van der Waals surface area (Å²) in [5, 5.41) is 0.